The summed E-state index contributed by atoms with van der Waals surface area (Å²) < 4.78 is 5.62. The maximum absolute atomic E-state index is 12.8. The normalized spacial score (nSPS) is 46.0. The molecule has 6 atom stereocenters. The van der Waals surface area contributed by atoms with Crippen LogP contribution < -0.4 is 0 Å². The number of hydrogen-bond acceptors (Lipinski definition) is 4. The zero-order valence-corrected chi connectivity index (χ0v) is 15.5. The second kappa shape index (κ2) is 5.52. The van der Waals surface area contributed by atoms with Crippen LogP contribution in [-0.2, 0) is 19.1 Å². The minimum absolute atomic E-state index is 0.0740. The number of fused-ring (bicyclic) bond motifs is 5. The fourth-order valence-corrected chi connectivity index (χ4v) is 6.69. The molecule has 4 aliphatic carbocycles. The smallest absolute Gasteiger partial charge is 0.302 e. The Morgan fingerprint density at radius 2 is 1.88 bits per heavy atom. The molecule has 3 saturated carbocycles. The Hall–Kier alpha value is -1.45. The number of hydrogen-bond donors (Lipinski definition) is 0. The van der Waals surface area contributed by atoms with Crippen LogP contribution in [0.5, 0.6) is 0 Å². The molecular formula is C21H28O4. The second-order valence-corrected chi connectivity index (χ2v) is 9.12. The van der Waals surface area contributed by atoms with E-state index in [1.165, 1.54) is 12.5 Å². The van der Waals surface area contributed by atoms with Gasteiger partial charge < -0.3 is 4.74 Å². The lowest BCUT2D eigenvalue weighted by molar-refractivity contribution is -0.155. The van der Waals surface area contributed by atoms with Gasteiger partial charge in [0.05, 0.1) is 0 Å². The van der Waals surface area contributed by atoms with Crippen molar-refractivity contribution in [3.8, 4) is 0 Å². The van der Waals surface area contributed by atoms with Crippen LogP contribution in [-0.4, -0.2) is 23.6 Å². The van der Waals surface area contributed by atoms with Crippen molar-refractivity contribution in [1.29, 1.82) is 0 Å². The van der Waals surface area contributed by atoms with Gasteiger partial charge in [-0.2, -0.15) is 0 Å². The molecule has 0 unspecified atom stereocenters. The number of carbonyl (C=O) groups is 3. The molecule has 0 radical (unpaired) electrons. The van der Waals surface area contributed by atoms with Gasteiger partial charge in [0, 0.05) is 31.1 Å². The molecule has 0 spiro atoms. The summed E-state index contributed by atoms with van der Waals surface area (Å²) in [4.78, 5) is 36.2. The number of allylic oxidation sites excluding steroid dienone is 1. The van der Waals surface area contributed by atoms with Gasteiger partial charge in [-0.3, -0.25) is 14.4 Å². The first-order valence-electron chi connectivity index (χ1n) is 9.70. The highest BCUT2D eigenvalue weighted by Gasteiger charge is 2.62. The number of Topliss-reactive ketones (excluding diaryl/α,β-unsaturated/α-hetero) is 1. The summed E-state index contributed by atoms with van der Waals surface area (Å²) in [6, 6.07) is 0. The maximum atomic E-state index is 12.8. The molecule has 0 aromatic rings. The van der Waals surface area contributed by atoms with Gasteiger partial charge in [-0.15, -0.1) is 0 Å². The predicted octanol–water partition coefficient (Wildman–Crippen LogP) is 3.63. The van der Waals surface area contributed by atoms with Crippen LogP contribution in [0.2, 0.25) is 0 Å². The molecule has 0 saturated heterocycles. The molecule has 4 aliphatic rings. The van der Waals surface area contributed by atoms with E-state index >= 15 is 0 Å². The van der Waals surface area contributed by atoms with E-state index in [9.17, 15) is 14.4 Å². The topological polar surface area (TPSA) is 60.4 Å². The maximum Gasteiger partial charge on any atom is 0.302 e. The van der Waals surface area contributed by atoms with Gasteiger partial charge in [0.2, 0.25) is 0 Å². The summed E-state index contributed by atoms with van der Waals surface area (Å²) >= 11 is 0. The van der Waals surface area contributed by atoms with E-state index in [0.29, 0.717) is 24.7 Å². The van der Waals surface area contributed by atoms with Crippen LogP contribution in [0.1, 0.15) is 65.7 Å². The third kappa shape index (κ3) is 2.36. The molecule has 0 N–H and O–H groups in total. The lowest BCUT2D eigenvalue weighted by Gasteiger charge is -2.57. The van der Waals surface area contributed by atoms with E-state index < -0.39 is 0 Å². The summed E-state index contributed by atoms with van der Waals surface area (Å²) in [6.45, 7) is 5.86. The molecule has 0 amide bonds. The number of carbonyl (C=O) groups excluding carboxylic acids is 3. The Morgan fingerprint density at radius 3 is 2.60 bits per heavy atom. The van der Waals surface area contributed by atoms with E-state index in [-0.39, 0.29) is 40.4 Å². The average Bonchev–Trinajstić information content (AvgIpc) is 2.78. The molecule has 0 heterocycles. The number of ketones is 2. The fourth-order valence-electron chi connectivity index (χ4n) is 6.69. The molecule has 136 valence electrons. The van der Waals surface area contributed by atoms with Crippen molar-refractivity contribution >= 4 is 17.5 Å². The molecule has 0 aliphatic heterocycles. The zero-order chi connectivity index (χ0) is 18.0. The Labute approximate surface area is 149 Å². The molecule has 4 rings (SSSR count). The zero-order valence-electron chi connectivity index (χ0n) is 15.5. The predicted molar refractivity (Wildman–Crippen MR) is 92.7 cm³/mol. The van der Waals surface area contributed by atoms with E-state index in [0.717, 1.165) is 32.1 Å². The third-order valence-corrected chi connectivity index (χ3v) is 7.95. The number of esters is 1. The average molecular weight is 344 g/mol. The molecule has 0 aromatic heterocycles. The minimum Gasteiger partial charge on any atom is -0.462 e. The highest BCUT2D eigenvalue weighted by atomic mass is 16.5. The molecule has 3 fully saturated rings. The summed E-state index contributed by atoms with van der Waals surface area (Å²) in [5.41, 5.74) is 1.05. The molecule has 4 heteroatoms. The van der Waals surface area contributed by atoms with Crippen molar-refractivity contribution in [3.05, 3.63) is 11.6 Å². The van der Waals surface area contributed by atoms with Crippen molar-refractivity contribution in [1.82, 2.24) is 0 Å². The summed E-state index contributed by atoms with van der Waals surface area (Å²) in [5.74, 6) is 1.29. The molecule has 0 aromatic carbocycles. The Morgan fingerprint density at radius 1 is 1.12 bits per heavy atom. The van der Waals surface area contributed by atoms with E-state index in [4.69, 9.17) is 4.74 Å². The monoisotopic (exact) mass is 344 g/mol. The van der Waals surface area contributed by atoms with Crippen molar-refractivity contribution < 1.29 is 19.1 Å². The second-order valence-electron chi connectivity index (χ2n) is 9.12. The molecule has 0 bridgehead atoms. The van der Waals surface area contributed by atoms with E-state index in [1.54, 1.807) is 0 Å². The van der Waals surface area contributed by atoms with E-state index in [2.05, 4.69) is 13.8 Å². The standard InChI is InChI=1S/C21H28O4/c1-12(22)25-17-11-18(24)21(3)9-7-16-15(19(17)21)5-4-13-10-14(23)6-8-20(13,16)2/h10,15-17,19H,4-9,11H2,1-3H3/t15-,16+,17-,19-,20-,21+/m0/s1. The van der Waals surface area contributed by atoms with Crippen molar-refractivity contribution in [3.63, 3.8) is 0 Å². The Kier molecular flexibility index (Phi) is 3.75. The summed E-state index contributed by atoms with van der Waals surface area (Å²) in [6.07, 6.45) is 7.44. The third-order valence-electron chi connectivity index (χ3n) is 7.95. The first-order chi connectivity index (χ1) is 11.8. The Balaban J connectivity index is 1.71. The summed E-state index contributed by atoms with van der Waals surface area (Å²) in [7, 11) is 0. The lowest BCUT2D eigenvalue weighted by atomic mass is 9.47. The van der Waals surface area contributed by atoms with Gasteiger partial charge >= 0.3 is 5.97 Å². The highest BCUT2D eigenvalue weighted by Crippen LogP contribution is 2.64. The van der Waals surface area contributed by atoms with Crippen molar-refractivity contribution in [2.75, 3.05) is 0 Å². The van der Waals surface area contributed by atoms with Crippen molar-refractivity contribution in [2.45, 2.75) is 71.8 Å². The van der Waals surface area contributed by atoms with Gasteiger partial charge in [-0.05, 0) is 55.4 Å². The van der Waals surface area contributed by atoms with Crippen LogP contribution >= 0.6 is 0 Å². The van der Waals surface area contributed by atoms with Gasteiger partial charge in [0.15, 0.2) is 5.78 Å². The van der Waals surface area contributed by atoms with Crippen molar-refractivity contribution in [2.24, 2.45) is 28.6 Å². The van der Waals surface area contributed by atoms with Crippen LogP contribution in [0.3, 0.4) is 0 Å². The first kappa shape index (κ1) is 17.0. The lowest BCUT2D eigenvalue weighted by Crippen LogP contribution is -2.52. The summed E-state index contributed by atoms with van der Waals surface area (Å²) in [5, 5.41) is 0. The number of ether oxygens (including phenoxy) is 1. The SMILES string of the molecule is CC(=O)O[C@H]1CC(=O)[C@@]2(C)CC[C@@H]3[C@H](CCC4=CC(=O)CC[C@@]43C)[C@@H]12. The van der Waals surface area contributed by atoms with Gasteiger partial charge in [0.25, 0.3) is 0 Å². The van der Waals surface area contributed by atoms with Crippen LogP contribution in [0.15, 0.2) is 11.6 Å². The number of rotatable bonds is 1. The Bertz CT molecular complexity index is 677. The van der Waals surface area contributed by atoms with Gasteiger partial charge in [-0.1, -0.05) is 19.4 Å². The minimum atomic E-state index is -0.344. The van der Waals surface area contributed by atoms with Gasteiger partial charge in [0.1, 0.15) is 11.9 Å². The molecular weight excluding hydrogens is 316 g/mol. The van der Waals surface area contributed by atoms with Crippen LogP contribution in [0.4, 0.5) is 0 Å². The quantitative estimate of drug-likeness (QED) is 0.682. The largest absolute Gasteiger partial charge is 0.462 e. The fraction of sp³-hybridized carbons (Fsp3) is 0.762. The highest BCUT2D eigenvalue weighted by molar-refractivity contribution is 5.92. The molecule has 25 heavy (non-hydrogen) atoms. The van der Waals surface area contributed by atoms with Crippen LogP contribution in [0, 0.1) is 28.6 Å². The molecule has 4 nitrogen and oxygen atoms in total. The van der Waals surface area contributed by atoms with Gasteiger partial charge in [-0.25, -0.2) is 0 Å². The van der Waals surface area contributed by atoms with Crippen LogP contribution in [0.25, 0.3) is 0 Å². The first-order valence-corrected chi connectivity index (χ1v) is 9.70. The van der Waals surface area contributed by atoms with E-state index in [1.807, 2.05) is 6.08 Å².